The molecule has 1 heterocycles. The fourth-order valence-corrected chi connectivity index (χ4v) is 1.52. The Morgan fingerprint density at radius 1 is 1.50 bits per heavy atom. The van der Waals surface area contributed by atoms with Gasteiger partial charge in [0, 0.05) is 19.9 Å². The molecule has 100 valence electrons. The zero-order valence-corrected chi connectivity index (χ0v) is 11.1. The summed E-state index contributed by atoms with van der Waals surface area (Å²) in [6.07, 6.45) is 1.73. The van der Waals surface area contributed by atoms with Gasteiger partial charge in [0.25, 0.3) is 0 Å². The number of methoxy groups -OCH3 is 1. The van der Waals surface area contributed by atoms with E-state index in [0.29, 0.717) is 26.2 Å². The van der Waals surface area contributed by atoms with Crippen LogP contribution in [0.25, 0.3) is 0 Å². The van der Waals surface area contributed by atoms with Crippen LogP contribution in [0.2, 0.25) is 0 Å². The van der Waals surface area contributed by atoms with Gasteiger partial charge in [-0.2, -0.15) is 0 Å². The van der Waals surface area contributed by atoms with Crippen LogP contribution in [-0.4, -0.2) is 49.1 Å². The summed E-state index contributed by atoms with van der Waals surface area (Å²) in [5.74, 6) is 0.0690. The maximum atomic E-state index is 12.0. The highest BCUT2D eigenvalue weighted by atomic mass is 16.5. The maximum absolute atomic E-state index is 12.0. The van der Waals surface area contributed by atoms with Crippen molar-refractivity contribution < 1.29 is 9.53 Å². The normalized spacial score (nSPS) is 10.3. The van der Waals surface area contributed by atoms with E-state index in [0.717, 1.165) is 12.2 Å². The molecule has 5 heteroatoms. The summed E-state index contributed by atoms with van der Waals surface area (Å²) in [5.41, 5.74) is 0.887. The quantitative estimate of drug-likeness (QED) is 0.737. The number of ether oxygens (including phenoxy) is 1. The largest absolute Gasteiger partial charge is 0.383 e. The fraction of sp³-hybridized carbons (Fsp3) is 0.538. The fourth-order valence-electron chi connectivity index (χ4n) is 1.52. The highest BCUT2D eigenvalue weighted by molar-refractivity contribution is 5.78. The van der Waals surface area contributed by atoms with Gasteiger partial charge < -0.3 is 15.0 Å². The number of nitrogens with one attached hydrogen (secondary N) is 1. The van der Waals surface area contributed by atoms with Crippen LogP contribution in [0.15, 0.2) is 24.4 Å². The molecule has 0 aliphatic heterocycles. The van der Waals surface area contributed by atoms with Gasteiger partial charge in [0.05, 0.1) is 25.4 Å². The minimum atomic E-state index is 0.0690. The molecular weight excluding hydrogens is 230 g/mol. The lowest BCUT2D eigenvalue weighted by Crippen LogP contribution is -2.39. The Hall–Kier alpha value is -1.46. The van der Waals surface area contributed by atoms with Crippen molar-refractivity contribution in [1.29, 1.82) is 0 Å². The van der Waals surface area contributed by atoms with E-state index < -0.39 is 0 Å². The van der Waals surface area contributed by atoms with Crippen molar-refractivity contribution in [2.45, 2.75) is 13.5 Å². The smallest absolute Gasteiger partial charge is 0.236 e. The molecule has 0 radical (unpaired) electrons. The van der Waals surface area contributed by atoms with Crippen LogP contribution in [0.1, 0.15) is 12.6 Å². The molecule has 0 bridgehead atoms. The Labute approximate surface area is 108 Å². The minimum absolute atomic E-state index is 0.0690. The van der Waals surface area contributed by atoms with Crippen molar-refractivity contribution in [2.75, 3.05) is 33.4 Å². The second kappa shape index (κ2) is 8.60. The number of hydrogen-bond acceptors (Lipinski definition) is 4. The number of carbonyl (C=O) groups is 1. The van der Waals surface area contributed by atoms with Gasteiger partial charge >= 0.3 is 0 Å². The monoisotopic (exact) mass is 251 g/mol. The molecule has 1 aromatic rings. The van der Waals surface area contributed by atoms with E-state index in [9.17, 15) is 4.79 Å². The number of rotatable bonds is 8. The number of amides is 1. The summed E-state index contributed by atoms with van der Waals surface area (Å²) in [5, 5.41) is 3.04. The Morgan fingerprint density at radius 3 is 2.94 bits per heavy atom. The first-order valence-electron chi connectivity index (χ1n) is 6.15. The summed E-state index contributed by atoms with van der Waals surface area (Å²) in [6.45, 7) is 4.75. The number of aromatic nitrogens is 1. The van der Waals surface area contributed by atoms with Crippen molar-refractivity contribution in [1.82, 2.24) is 15.2 Å². The van der Waals surface area contributed by atoms with Gasteiger partial charge in [-0.15, -0.1) is 0 Å². The predicted molar refractivity (Wildman–Crippen MR) is 70.1 cm³/mol. The van der Waals surface area contributed by atoms with E-state index in [1.807, 2.05) is 25.1 Å². The third kappa shape index (κ3) is 5.25. The molecular formula is C13H21N3O2. The highest BCUT2D eigenvalue weighted by Crippen LogP contribution is 2.01. The van der Waals surface area contributed by atoms with Crippen molar-refractivity contribution >= 4 is 5.91 Å². The van der Waals surface area contributed by atoms with E-state index in [1.54, 1.807) is 18.2 Å². The minimum Gasteiger partial charge on any atom is -0.383 e. The van der Waals surface area contributed by atoms with Crippen LogP contribution in [0, 0.1) is 0 Å². The molecule has 5 nitrogen and oxygen atoms in total. The molecule has 0 saturated carbocycles. The lowest BCUT2D eigenvalue weighted by atomic mass is 10.3. The molecule has 0 atom stereocenters. The predicted octanol–water partition coefficient (Wildman–Crippen LogP) is 0.666. The standard InChI is InChI=1S/C13H21N3O2/c1-3-14-10-13(17)16(8-9-18-2)11-12-6-4-5-7-15-12/h4-7,14H,3,8-11H2,1-2H3. The van der Waals surface area contributed by atoms with E-state index in [2.05, 4.69) is 10.3 Å². The number of pyridine rings is 1. The molecule has 1 aromatic heterocycles. The first-order chi connectivity index (χ1) is 8.77. The average Bonchev–Trinajstić information content (AvgIpc) is 2.42. The van der Waals surface area contributed by atoms with E-state index in [4.69, 9.17) is 4.74 Å². The Bertz CT molecular complexity index is 343. The van der Waals surface area contributed by atoms with Gasteiger partial charge in [-0.25, -0.2) is 0 Å². The first kappa shape index (κ1) is 14.6. The van der Waals surface area contributed by atoms with Crippen molar-refractivity contribution in [3.63, 3.8) is 0 Å². The highest BCUT2D eigenvalue weighted by Gasteiger charge is 2.13. The van der Waals surface area contributed by atoms with Crippen molar-refractivity contribution in [3.8, 4) is 0 Å². The number of hydrogen-bond donors (Lipinski definition) is 1. The molecule has 0 spiro atoms. The molecule has 18 heavy (non-hydrogen) atoms. The van der Waals surface area contributed by atoms with E-state index >= 15 is 0 Å². The Balaban J connectivity index is 2.57. The molecule has 1 N–H and O–H groups in total. The molecule has 0 aliphatic rings. The SMILES string of the molecule is CCNCC(=O)N(CCOC)Cc1ccccn1. The summed E-state index contributed by atoms with van der Waals surface area (Å²) in [4.78, 5) is 18.0. The lowest BCUT2D eigenvalue weighted by Gasteiger charge is -2.22. The van der Waals surface area contributed by atoms with Crippen LogP contribution in [0.4, 0.5) is 0 Å². The van der Waals surface area contributed by atoms with Crippen LogP contribution in [0.5, 0.6) is 0 Å². The molecule has 0 unspecified atom stereocenters. The molecule has 1 amide bonds. The zero-order valence-electron chi connectivity index (χ0n) is 11.1. The number of carbonyl (C=O) groups excluding carboxylic acids is 1. The number of nitrogens with zero attached hydrogens (tertiary/aromatic N) is 2. The third-order valence-corrected chi connectivity index (χ3v) is 2.52. The lowest BCUT2D eigenvalue weighted by molar-refractivity contribution is -0.131. The molecule has 0 saturated heterocycles. The summed E-state index contributed by atoms with van der Waals surface area (Å²) >= 11 is 0. The van der Waals surface area contributed by atoms with Gasteiger partial charge in [0.1, 0.15) is 0 Å². The number of likely N-dealkylation sites (N-methyl/N-ethyl adjacent to an activating group) is 1. The first-order valence-corrected chi connectivity index (χ1v) is 6.15. The Kier molecular flexibility index (Phi) is 6.98. The van der Waals surface area contributed by atoms with Gasteiger partial charge in [-0.1, -0.05) is 13.0 Å². The topological polar surface area (TPSA) is 54.5 Å². The van der Waals surface area contributed by atoms with Gasteiger partial charge in [0.15, 0.2) is 0 Å². The van der Waals surface area contributed by atoms with E-state index in [-0.39, 0.29) is 5.91 Å². The van der Waals surface area contributed by atoms with Gasteiger partial charge in [-0.05, 0) is 18.7 Å². The maximum Gasteiger partial charge on any atom is 0.236 e. The van der Waals surface area contributed by atoms with Crippen LogP contribution >= 0.6 is 0 Å². The third-order valence-electron chi connectivity index (χ3n) is 2.52. The second-order valence-corrected chi connectivity index (χ2v) is 3.91. The van der Waals surface area contributed by atoms with E-state index in [1.165, 1.54) is 0 Å². The summed E-state index contributed by atoms with van der Waals surface area (Å²) in [7, 11) is 1.63. The average molecular weight is 251 g/mol. The molecule has 0 aliphatic carbocycles. The Morgan fingerprint density at radius 2 is 2.33 bits per heavy atom. The van der Waals surface area contributed by atoms with Crippen molar-refractivity contribution in [2.24, 2.45) is 0 Å². The van der Waals surface area contributed by atoms with Crippen LogP contribution in [-0.2, 0) is 16.1 Å². The van der Waals surface area contributed by atoms with Crippen LogP contribution < -0.4 is 5.32 Å². The van der Waals surface area contributed by atoms with Crippen molar-refractivity contribution in [3.05, 3.63) is 30.1 Å². The second-order valence-electron chi connectivity index (χ2n) is 3.91. The summed E-state index contributed by atoms with van der Waals surface area (Å²) < 4.78 is 5.03. The molecule has 0 fully saturated rings. The van der Waals surface area contributed by atoms with Gasteiger partial charge in [0.2, 0.25) is 5.91 Å². The zero-order chi connectivity index (χ0) is 13.2. The molecule has 1 rings (SSSR count). The van der Waals surface area contributed by atoms with Gasteiger partial charge in [-0.3, -0.25) is 9.78 Å². The van der Waals surface area contributed by atoms with Crippen LogP contribution in [0.3, 0.4) is 0 Å². The summed E-state index contributed by atoms with van der Waals surface area (Å²) in [6, 6.07) is 5.70. The molecule has 0 aromatic carbocycles.